The summed E-state index contributed by atoms with van der Waals surface area (Å²) in [5.74, 6) is -0.0604. The molecule has 0 spiro atoms. The Labute approximate surface area is 139 Å². The van der Waals surface area contributed by atoms with Crippen LogP contribution in [0.4, 0.5) is 0 Å². The third-order valence-corrected chi connectivity index (χ3v) is 6.09. The van der Waals surface area contributed by atoms with E-state index in [9.17, 15) is 13.2 Å². The Balaban J connectivity index is 1.80. The lowest BCUT2D eigenvalue weighted by molar-refractivity contribution is 0.0778. The maximum atomic E-state index is 12.6. The molecular formula is C13H15Cl2N3O3S. The molecule has 2 fully saturated rings. The van der Waals surface area contributed by atoms with Crippen molar-refractivity contribution in [1.82, 2.24) is 14.2 Å². The lowest BCUT2D eigenvalue weighted by Crippen LogP contribution is -2.40. The number of hydrogen-bond donors (Lipinski definition) is 0. The van der Waals surface area contributed by atoms with Crippen LogP contribution in [0, 0.1) is 5.92 Å². The van der Waals surface area contributed by atoms with E-state index in [1.54, 1.807) is 4.90 Å². The van der Waals surface area contributed by atoms with E-state index in [2.05, 4.69) is 4.98 Å². The third kappa shape index (κ3) is 2.82. The number of nitrogens with zero attached hydrogens (tertiary/aromatic N) is 3. The topological polar surface area (TPSA) is 70.6 Å². The van der Waals surface area contributed by atoms with E-state index in [-0.39, 0.29) is 33.6 Å². The molecule has 0 bridgehead atoms. The zero-order valence-electron chi connectivity index (χ0n) is 11.9. The first-order valence-corrected chi connectivity index (χ1v) is 9.45. The van der Waals surface area contributed by atoms with Crippen LogP contribution >= 0.6 is 23.2 Å². The number of likely N-dealkylation sites (tertiary alicyclic amines) is 1. The van der Waals surface area contributed by atoms with Crippen molar-refractivity contribution in [2.75, 3.05) is 25.9 Å². The summed E-state index contributed by atoms with van der Waals surface area (Å²) in [6.07, 6.45) is 3.34. The molecule has 1 amide bonds. The maximum Gasteiger partial charge on any atom is 0.257 e. The van der Waals surface area contributed by atoms with Gasteiger partial charge in [0.05, 0.1) is 16.8 Å². The summed E-state index contributed by atoms with van der Waals surface area (Å²) in [5, 5.41) is 0.477. The molecule has 0 aliphatic carbocycles. The monoisotopic (exact) mass is 363 g/mol. The molecule has 2 saturated heterocycles. The number of carbonyl (C=O) groups excluding carboxylic acids is 1. The van der Waals surface area contributed by atoms with Crippen LogP contribution in [0.25, 0.3) is 0 Å². The molecule has 1 aromatic rings. The molecule has 9 heteroatoms. The Bertz CT molecular complexity index is 725. The Hall–Kier alpha value is -0.890. The van der Waals surface area contributed by atoms with Crippen LogP contribution in [-0.2, 0) is 10.0 Å². The molecule has 6 nitrogen and oxygen atoms in total. The Morgan fingerprint density at radius 1 is 1.36 bits per heavy atom. The highest BCUT2D eigenvalue weighted by atomic mass is 35.5. The van der Waals surface area contributed by atoms with Gasteiger partial charge in [0, 0.05) is 31.9 Å². The summed E-state index contributed by atoms with van der Waals surface area (Å²) in [7, 11) is -3.24. The normalized spacial score (nSPS) is 25.5. The molecule has 0 N–H and O–H groups in total. The average Bonchev–Trinajstić information content (AvgIpc) is 2.95. The van der Waals surface area contributed by atoms with Crippen LogP contribution < -0.4 is 0 Å². The molecule has 2 aliphatic rings. The van der Waals surface area contributed by atoms with Gasteiger partial charge in [-0.1, -0.05) is 23.2 Å². The predicted octanol–water partition coefficient (Wildman–Crippen LogP) is 1.49. The van der Waals surface area contributed by atoms with Crippen molar-refractivity contribution in [1.29, 1.82) is 0 Å². The molecule has 0 saturated carbocycles. The standard InChI is InChI=1S/C13H15Cl2N3O3S/c1-22(20,21)18-3-2-8-6-17(7-11(8)18)13(19)9-5-16-12(15)4-10(9)14/h4-5,8,11H,2-3,6-7H2,1H3/t8-,11+/m1/s1. The predicted molar refractivity (Wildman–Crippen MR) is 83.6 cm³/mol. The van der Waals surface area contributed by atoms with Gasteiger partial charge < -0.3 is 4.90 Å². The highest BCUT2D eigenvalue weighted by Crippen LogP contribution is 2.34. The lowest BCUT2D eigenvalue weighted by atomic mass is 10.1. The van der Waals surface area contributed by atoms with Gasteiger partial charge in [-0.2, -0.15) is 4.31 Å². The van der Waals surface area contributed by atoms with Gasteiger partial charge in [0.1, 0.15) is 5.15 Å². The Kier molecular flexibility index (Phi) is 4.09. The van der Waals surface area contributed by atoms with Crippen molar-refractivity contribution >= 4 is 39.1 Å². The highest BCUT2D eigenvalue weighted by molar-refractivity contribution is 7.88. The second-order valence-electron chi connectivity index (χ2n) is 5.69. The fraction of sp³-hybridized carbons (Fsp3) is 0.538. The molecule has 22 heavy (non-hydrogen) atoms. The minimum absolute atomic E-state index is 0.141. The number of sulfonamides is 1. The van der Waals surface area contributed by atoms with Crippen LogP contribution in [0.3, 0.4) is 0 Å². The van der Waals surface area contributed by atoms with E-state index >= 15 is 0 Å². The first kappa shape index (κ1) is 16.0. The van der Waals surface area contributed by atoms with Crippen molar-refractivity contribution in [2.45, 2.75) is 12.5 Å². The molecule has 1 aromatic heterocycles. The number of amides is 1. The maximum absolute atomic E-state index is 12.6. The second kappa shape index (κ2) is 5.63. The van der Waals surface area contributed by atoms with Crippen LogP contribution in [-0.4, -0.2) is 60.4 Å². The summed E-state index contributed by atoms with van der Waals surface area (Å²) in [6, 6.07) is 1.29. The van der Waals surface area contributed by atoms with E-state index in [0.29, 0.717) is 19.6 Å². The fourth-order valence-electron chi connectivity index (χ4n) is 3.24. The zero-order valence-corrected chi connectivity index (χ0v) is 14.2. The van der Waals surface area contributed by atoms with Crippen molar-refractivity contribution < 1.29 is 13.2 Å². The van der Waals surface area contributed by atoms with Crippen LogP contribution in [0.2, 0.25) is 10.2 Å². The van der Waals surface area contributed by atoms with Gasteiger partial charge in [0.15, 0.2) is 0 Å². The van der Waals surface area contributed by atoms with Crippen molar-refractivity contribution in [3.05, 3.63) is 28.0 Å². The van der Waals surface area contributed by atoms with E-state index in [1.807, 2.05) is 0 Å². The van der Waals surface area contributed by atoms with Crippen LogP contribution in [0.15, 0.2) is 12.3 Å². The second-order valence-corrected chi connectivity index (χ2v) is 8.42. The number of rotatable bonds is 2. The average molecular weight is 364 g/mol. The van der Waals surface area contributed by atoms with E-state index < -0.39 is 10.0 Å². The molecular weight excluding hydrogens is 349 g/mol. The number of aromatic nitrogens is 1. The number of hydrogen-bond acceptors (Lipinski definition) is 4. The minimum atomic E-state index is -3.24. The van der Waals surface area contributed by atoms with Gasteiger partial charge >= 0.3 is 0 Å². The summed E-state index contributed by atoms with van der Waals surface area (Å²) in [6.45, 7) is 1.45. The Morgan fingerprint density at radius 3 is 2.73 bits per heavy atom. The lowest BCUT2D eigenvalue weighted by Gasteiger charge is -2.22. The first-order valence-electron chi connectivity index (χ1n) is 6.84. The molecule has 2 aliphatic heterocycles. The van der Waals surface area contributed by atoms with Crippen LogP contribution in [0.1, 0.15) is 16.8 Å². The molecule has 0 unspecified atom stereocenters. The van der Waals surface area contributed by atoms with Gasteiger partial charge in [-0.25, -0.2) is 13.4 Å². The van der Waals surface area contributed by atoms with Crippen molar-refractivity contribution in [3.63, 3.8) is 0 Å². The number of pyridine rings is 1. The quantitative estimate of drug-likeness (QED) is 0.746. The van der Waals surface area contributed by atoms with Gasteiger partial charge in [0.25, 0.3) is 5.91 Å². The third-order valence-electron chi connectivity index (χ3n) is 4.26. The van der Waals surface area contributed by atoms with E-state index in [1.165, 1.54) is 22.8 Å². The SMILES string of the molecule is CS(=O)(=O)N1CC[C@@H]2CN(C(=O)c3cnc(Cl)cc3Cl)C[C@@H]21. The smallest absolute Gasteiger partial charge is 0.257 e. The summed E-state index contributed by atoms with van der Waals surface area (Å²) in [5.41, 5.74) is 0.289. The molecule has 3 heterocycles. The van der Waals surface area contributed by atoms with Crippen LogP contribution in [0.5, 0.6) is 0 Å². The fourth-order valence-corrected chi connectivity index (χ4v) is 4.85. The van der Waals surface area contributed by atoms with E-state index in [0.717, 1.165) is 6.42 Å². The number of halogens is 2. The van der Waals surface area contributed by atoms with Gasteiger partial charge in [-0.3, -0.25) is 4.79 Å². The van der Waals surface area contributed by atoms with Gasteiger partial charge in [0.2, 0.25) is 10.0 Å². The first-order chi connectivity index (χ1) is 10.3. The molecule has 2 atom stereocenters. The van der Waals surface area contributed by atoms with E-state index in [4.69, 9.17) is 23.2 Å². The molecule has 0 radical (unpaired) electrons. The Morgan fingerprint density at radius 2 is 2.09 bits per heavy atom. The summed E-state index contributed by atoms with van der Waals surface area (Å²) >= 11 is 11.8. The molecule has 0 aromatic carbocycles. The number of carbonyl (C=O) groups is 1. The van der Waals surface area contributed by atoms with Gasteiger partial charge in [-0.05, 0) is 18.4 Å². The minimum Gasteiger partial charge on any atom is -0.337 e. The number of fused-ring (bicyclic) bond motifs is 1. The summed E-state index contributed by atoms with van der Waals surface area (Å²) in [4.78, 5) is 18.1. The highest BCUT2D eigenvalue weighted by Gasteiger charge is 2.46. The molecule has 3 rings (SSSR count). The van der Waals surface area contributed by atoms with Gasteiger partial charge in [-0.15, -0.1) is 0 Å². The molecule has 120 valence electrons. The van der Waals surface area contributed by atoms with Crippen molar-refractivity contribution in [2.24, 2.45) is 5.92 Å². The largest absolute Gasteiger partial charge is 0.337 e. The summed E-state index contributed by atoms with van der Waals surface area (Å²) < 4.78 is 25.1. The zero-order chi connectivity index (χ0) is 16.1. The van der Waals surface area contributed by atoms with Crippen molar-refractivity contribution in [3.8, 4) is 0 Å².